The van der Waals surface area contributed by atoms with Gasteiger partial charge in [-0.05, 0) is 61.4 Å². The average Bonchev–Trinajstić information content (AvgIpc) is 3.77. The Kier molecular flexibility index (Phi) is 8.82. The van der Waals surface area contributed by atoms with Crippen molar-refractivity contribution in [2.75, 3.05) is 26.0 Å². The van der Waals surface area contributed by atoms with Crippen molar-refractivity contribution in [3.8, 4) is 5.75 Å². The van der Waals surface area contributed by atoms with Gasteiger partial charge in [0.1, 0.15) is 23.5 Å². The summed E-state index contributed by atoms with van der Waals surface area (Å²) < 4.78 is 5.46. The minimum Gasteiger partial charge on any atom is -0.496 e. The number of aromatic nitrogens is 1. The van der Waals surface area contributed by atoms with Crippen LogP contribution in [0.2, 0.25) is 0 Å². The lowest BCUT2D eigenvalue weighted by Gasteiger charge is -2.34. The van der Waals surface area contributed by atoms with E-state index in [1.165, 1.54) is 9.80 Å². The number of nitrogens with one attached hydrogen (secondary N) is 3. The highest BCUT2D eigenvalue weighted by molar-refractivity contribution is 6.38. The molecule has 3 aliphatic rings. The highest BCUT2D eigenvalue weighted by Gasteiger charge is 2.58. The number of likely N-dealkylation sites (N-methyl/N-ethyl adjacent to an activating group) is 1. The minimum atomic E-state index is -1.20. The number of rotatable bonds is 9. The zero-order valence-corrected chi connectivity index (χ0v) is 27.4. The summed E-state index contributed by atoms with van der Waals surface area (Å²) in [5.74, 6) is -2.03. The summed E-state index contributed by atoms with van der Waals surface area (Å²) in [4.78, 5) is 75.7. The number of carbonyl (C=O) groups excluding carboxylic acids is 5. The fourth-order valence-electron chi connectivity index (χ4n) is 7.57. The molecule has 1 aliphatic carbocycles. The van der Waals surface area contributed by atoms with Crippen LogP contribution in [0.1, 0.15) is 74.8 Å². The predicted molar refractivity (Wildman–Crippen MR) is 177 cm³/mol. The smallest absolute Gasteiger partial charge is 0.289 e. The SMILES string of the molecule is COc1cccc2[nH]c(C(=O)N(C)[C@@H](CC(C)C)C(=O)N3C[C@]4(CC3C(=O)C(=O)NC3CCCCC3)C(=O)Nc3ccccc34)cc12. The number of hydrogen-bond donors (Lipinski definition) is 3. The van der Waals surface area contributed by atoms with Gasteiger partial charge in [-0.3, -0.25) is 24.0 Å². The standard InChI is InChI=1S/C36H43N5O6/c1-21(2)17-28(40(3)33(44)27-18-23-25(38-27)15-10-16-30(23)47-4)34(45)41-20-36(24-13-8-9-14-26(24)39-35(36)46)19-29(41)31(42)32(43)37-22-11-6-5-7-12-22/h8-10,13-16,18,21-22,28-29,38H,5-7,11-12,17,19-20H2,1-4H3,(H,37,43)(H,39,46)/t28-,29?,36-/m0/s1. The molecular formula is C36H43N5O6. The molecule has 4 amide bonds. The molecule has 0 radical (unpaired) electrons. The van der Waals surface area contributed by atoms with Crippen LogP contribution >= 0.6 is 0 Å². The molecule has 1 saturated heterocycles. The fraction of sp³-hybridized carbons (Fsp3) is 0.472. The Bertz CT molecular complexity index is 1730. The van der Waals surface area contributed by atoms with Crippen LogP contribution in [-0.2, 0) is 24.6 Å². The third-order valence-corrected chi connectivity index (χ3v) is 10.1. The Morgan fingerprint density at radius 2 is 1.81 bits per heavy atom. The fourth-order valence-corrected chi connectivity index (χ4v) is 7.57. The number of benzene rings is 2. The average molecular weight is 642 g/mol. The maximum atomic E-state index is 14.7. The molecule has 248 valence electrons. The van der Waals surface area contributed by atoms with Gasteiger partial charge in [0.25, 0.3) is 11.8 Å². The quantitative estimate of drug-likeness (QED) is 0.300. The van der Waals surface area contributed by atoms with E-state index in [2.05, 4.69) is 15.6 Å². The number of ketones is 1. The number of aromatic amines is 1. The van der Waals surface area contributed by atoms with Gasteiger partial charge in [-0.25, -0.2) is 0 Å². The van der Waals surface area contributed by atoms with Crippen molar-refractivity contribution in [3.05, 3.63) is 59.8 Å². The van der Waals surface area contributed by atoms with Crippen molar-refractivity contribution >= 4 is 46.0 Å². The summed E-state index contributed by atoms with van der Waals surface area (Å²) in [7, 11) is 3.14. The van der Waals surface area contributed by atoms with E-state index in [1.54, 1.807) is 32.4 Å². The molecule has 3 heterocycles. The number of methoxy groups -OCH3 is 1. The predicted octanol–water partition coefficient (Wildman–Crippen LogP) is 4.17. The van der Waals surface area contributed by atoms with E-state index in [0.29, 0.717) is 23.4 Å². The third-order valence-electron chi connectivity index (χ3n) is 10.1. The molecule has 2 aromatic carbocycles. The van der Waals surface area contributed by atoms with Crippen molar-refractivity contribution < 1.29 is 28.7 Å². The molecule has 3 N–H and O–H groups in total. The van der Waals surface area contributed by atoms with Crippen LogP contribution < -0.4 is 15.4 Å². The molecule has 1 saturated carbocycles. The number of Topliss-reactive ketones (excluding diaryl/α,β-unsaturated/α-hetero) is 1. The minimum absolute atomic E-state index is 0.0119. The van der Waals surface area contributed by atoms with Gasteiger partial charge in [-0.2, -0.15) is 0 Å². The molecule has 11 heteroatoms. The van der Waals surface area contributed by atoms with Gasteiger partial charge in [0.05, 0.1) is 12.5 Å². The molecule has 1 spiro atoms. The number of carbonyl (C=O) groups is 5. The second-order valence-electron chi connectivity index (χ2n) is 13.6. The normalized spacial score (nSPS) is 21.5. The molecule has 0 bridgehead atoms. The number of hydrogen-bond acceptors (Lipinski definition) is 6. The number of amides is 4. The first-order valence-electron chi connectivity index (χ1n) is 16.5. The molecule has 3 atom stereocenters. The van der Waals surface area contributed by atoms with E-state index >= 15 is 0 Å². The first-order chi connectivity index (χ1) is 22.5. The number of ether oxygens (including phenoxy) is 1. The van der Waals surface area contributed by atoms with Crippen LogP contribution in [0.5, 0.6) is 5.75 Å². The van der Waals surface area contributed by atoms with E-state index in [-0.39, 0.29) is 36.5 Å². The lowest BCUT2D eigenvalue weighted by Crippen LogP contribution is -2.55. The van der Waals surface area contributed by atoms with Crippen LogP contribution in [0.3, 0.4) is 0 Å². The summed E-state index contributed by atoms with van der Waals surface area (Å²) in [6.45, 7) is 3.83. The number of H-pyrrole nitrogens is 1. The number of likely N-dealkylation sites (tertiary alicyclic amines) is 1. The maximum absolute atomic E-state index is 14.7. The summed E-state index contributed by atoms with van der Waals surface area (Å²) in [5.41, 5.74) is 1.13. The summed E-state index contributed by atoms with van der Waals surface area (Å²) in [5, 5.41) is 6.56. The molecule has 6 rings (SSSR count). The van der Waals surface area contributed by atoms with Crippen molar-refractivity contribution in [1.29, 1.82) is 0 Å². The highest BCUT2D eigenvalue weighted by atomic mass is 16.5. The first kappa shape index (κ1) is 32.3. The Morgan fingerprint density at radius 1 is 1.06 bits per heavy atom. The van der Waals surface area contributed by atoms with E-state index in [9.17, 15) is 24.0 Å². The van der Waals surface area contributed by atoms with Crippen LogP contribution in [-0.4, -0.2) is 83.0 Å². The molecule has 1 unspecified atom stereocenters. The Hall–Kier alpha value is -4.67. The number of para-hydroxylation sites is 1. The Balaban J connectivity index is 1.34. The maximum Gasteiger partial charge on any atom is 0.289 e. The zero-order valence-electron chi connectivity index (χ0n) is 27.4. The Labute approximate surface area is 274 Å². The molecule has 2 fully saturated rings. The summed E-state index contributed by atoms with van der Waals surface area (Å²) >= 11 is 0. The van der Waals surface area contributed by atoms with Gasteiger partial charge in [0, 0.05) is 36.2 Å². The van der Waals surface area contributed by atoms with E-state index < -0.39 is 41.0 Å². The Morgan fingerprint density at radius 3 is 2.53 bits per heavy atom. The van der Waals surface area contributed by atoms with Gasteiger partial charge in [0.15, 0.2) is 0 Å². The summed E-state index contributed by atoms with van der Waals surface area (Å²) in [6, 6.07) is 12.2. The molecule has 47 heavy (non-hydrogen) atoms. The number of fused-ring (bicyclic) bond motifs is 3. The number of anilines is 1. The first-order valence-corrected chi connectivity index (χ1v) is 16.5. The van der Waals surface area contributed by atoms with E-state index in [0.717, 1.165) is 43.0 Å². The van der Waals surface area contributed by atoms with Crippen LogP contribution in [0.4, 0.5) is 5.69 Å². The van der Waals surface area contributed by atoms with Gasteiger partial charge < -0.3 is 30.2 Å². The lowest BCUT2D eigenvalue weighted by atomic mass is 9.79. The van der Waals surface area contributed by atoms with Gasteiger partial charge in [-0.1, -0.05) is 57.4 Å². The van der Waals surface area contributed by atoms with Gasteiger partial charge in [0.2, 0.25) is 17.6 Å². The van der Waals surface area contributed by atoms with Crippen molar-refractivity contribution in [3.63, 3.8) is 0 Å². The second kappa shape index (κ2) is 12.8. The largest absolute Gasteiger partial charge is 0.496 e. The second-order valence-corrected chi connectivity index (χ2v) is 13.6. The topological polar surface area (TPSA) is 141 Å². The molecule has 1 aromatic heterocycles. The molecule has 3 aromatic rings. The monoisotopic (exact) mass is 641 g/mol. The van der Waals surface area contributed by atoms with E-state index in [1.807, 2.05) is 44.2 Å². The number of nitrogens with zero attached hydrogens (tertiary/aromatic N) is 2. The van der Waals surface area contributed by atoms with Crippen molar-refractivity contribution in [2.24, 2.45) is 5.92 Å². The molecular weight excluding hydrogens is 598 g/mol. The van der Waals surface area contributed by atoms with Gasteiger partial charge >= 0.3 is 0 Å². The van der Waals surface area contributed by atoms with Crippen molar-refractivity contribution in [1.82, 2.24) is 20.1 Å². The van der Waals surface area contributed by atoms with Crippen LogP contribution in [0.15, 0.2) is 48.5 Å². The molecule has 2 aliphatic heterocycles. The van der Waals surface area contributed by atoms with Gasteiger partial charge in [-0.15, -0.1) is 0 Å². The van der Waals surface area contributed by atoms with Crippen LogP contribution in [0, 0.1) is 5.92 Å². The third kappa shape index (κ3) is 5.87. The zero-order chi connectivity index (χ0) is 33.5. The summed E-state index contributed by atoms with van der Waals surface area (Å²) in [6.07, 6.45) is 4.95. The highest BCUT2D eigenvalue weighted by Crippen LogP contribution is 2.47. The molecule has 11 nitrogen and oxygen atoms in total. The lowest BCUT2D eigenvalue weighted by molar-refractivity contribution is -0.146. The van der Waals surface area contributed by atoms with Crippen LogP contribution in [0.25, 0.3) is 10.9 Å². The van der Waals surface area contributed by atoms with Crippen molar-refractivity contribution in [2.45, 2.75) is 82.3 Å². The van der Waals surface area contributed by atoms with E-state index in [4.69, 9.17) is 4.74 Å².